The molecule has 0 unspecified atom stereocenters. The van der Waals surface area contributed by atoms with Crippen LogP contribution in [-0.2, 0) is 9.53 Å². The summed E-state index contributed by atoms with van der Waals surface area (Å²) in [5, 5.41) is 9.24. The molecule has 25 heavy (non-hydrogen) atoms. The van der Waals surface area contributed by atoms with E-state index in [9.17, 15) is 9.90 Å². The normalized spacial score (nSPS) is 15.1. The number of rotatable bonds is 5. The average Bonchev–Trinajstić information content (AvgIpc) is 2.67. The number of aliphatic carboxylic acids is 1. The van der Waals surface area contributed by atoms with Gasteiger partial charge >= 0.3 is 5.97 Å². The van der Waals surface area contributed by atoms with Crippen LogP contribution in [0.1, 0.15) is 11.1 Å². The molecule has 1 aliphatic heterocycles. The summed E-state index contributed by atoms with van der Waals surface area (Å²) >= 11 is 0. The first kappa shape index (κ1) is 17.0. The van der Waals surface area contributed by atoms with Crippen molar-refractivity contribution in [1.82, 2.24) is 0 Å². The fraction of sp³-hybridized carbons (Fsp3) is 0.250. The number of ether oxygens (including phenoxy) is 2. The number of methoxy groups -OCH3 is 1. The van der Waals surface area contributed by atoms with E-state index in [1.807, 2.05) is 48.5 Å². The Labute approximate surface area is 147 Å². The fourth-order valence-corrected chi connectivity index (χ4v) is 2.90. The molecule has 0 aromatic heterocycles. The lowest BCUT2D eigenvalue weighted by Gasteiger charge is -2.29. The highest BCUT2D eigenvalue weighted by molar-refractivity contribution is 5.95. The van der Waals surface area contributed by atoms with Gasteiger partial charge in [0.1, 0.15) is 5.75 Å². The van der Waals surface area contributed by atoms with Gasteiger partial charge in [-0.2, -0.15) is 0 Å². The summed E-state index contributed by atoms with van der Waals surface area (Å²) in [5.41, 5.74) is 3.49. The molecule has 1 N–H and O–H groups in total. The van der Waals surface area contributed by atoms with E-state index in [1.54, 1.807) is 7.11 Å². The maximum Gasteiger partial charge on any atom is 0.328 e. The van der Waals surface area contributed by atoms with E-state index in [4.69, 9.17) is 9.47 Å². The monoisotopic (exact) mass is 339 g/mol. The maximum atomic E-state index is 11.3. The van der Waals surface area contributed by atoms with Crippen LogP contribution in [0.4, 0.5) is 5.69 Å². The van der Waals surface area contributed by atoms with Gasteiger partial charge < -0.3 is 19.5 Å². The topological polar surface area (TPSA) is 59.0 Å². The van der Waals surface area contributed by atoms with Crippen LogP contribution in [-0.4, -0.2) is 44.5 Å². The van der Waals surface area contributed by atoms with Gasteiger partial charge in [0.2, 0.25) is 0 Å². The molecule has 5 heteroatoms. The lowest BCUT2D eigenvalue weighted by atomic mass is 9.97. The third-order valence-corrected chi connectivity index (χ3v) is 4.22. The van der Waals surface area contributed by atoms with Crippen molar-refractivity contribution in [2.24, 2.45) is 0 Å². The van der Waals surface area contributed by atoms with Crippen molar-refractivity contribution < 1.29 is 19.4 Å². The molecule has 1 fully saturated rings. The van der Waals surface area contributed by atoms with Gasteiger partial charge in [0.15, 0.2) is 0 Å². The summed E-state index contributed by atoms with van der Waals surface area (Å²) in [4.78, 5) is 13.5. The smallest absolute Gasteiger partial charge is 0.328 e. The highest BCUT2D eigenvalue weighted by Gasteiger charge is 2.12. The van der Waals surface area contributed by atoms with Crippen LogP contribution in [0.3, 0.4) is 0 Å². The summed E-state index contributed by atoms with van der Waals surface area (Å²) < 4.78 is 10.5. The van der Waals surface area contributed by atoms with Crippen LogP contribution in [0.2, 0.25) is 0 Å². The first-order valence-corrected chi connectivity index (χ1v) is 8.19. The van der Waals surface area contributed by atoms with Gasteiger partial charge in [0.05, 0.1) is 20.3 Å². The molecule has 0 spiro atoms. The number of carboxylic acid groups (broad SMARTS) is 1. The van der Waals surface area contributed by atoms with Gasteiger partial charge in [-0.3, -0.25) is 0 Å². The van der Waals surface area contributed by atoms with Crippen LogP contribution in [0.5, 0.6) is 5.75 Å². The predicted molar refractivity (Wildman–Crippen MR) is 97.2 cm³/mol. The zero-order valence-electron chi connectivity index (χ0n) is 14.1. The van der Waals surface area contributed by atoms with Crippen molar-refractivity contribution in [3.05, 3.63) is 65.7 Å². The summed E-state index contributed by atoms with van der Waals surface area (Å²) in [6, 6.07) is 15.4. The Morgan fingerprint density at radius 1 is 1.04 bits per heavy atom. The highest BCUT2D eigenvalue weighted by atomic mass is 16.5. The first-order chi connectivity index (χ1) is 12.2. The number of nitrogens with zero attached hydrogens (tertiary/aromatic N) is 1. The van der Waals surface area contributed by atoms with Crippen molar-refractivity contribution in [1.29, 1.82) is 0 Å². The number of hydrogen-bond acceptors (Lipinski definition) is 4. The molecule has 0 amide bonds. The molecule has 2 aromatic rings. The zero-order chi connectivity index (χ0) is 17.6. The van der Waals surface area contributed by atoms with E-state index < -0.39 is 5.97 Å². The Morgan fingerprint density at radius 2 is 1.60 bits per heavy atom. The zero-order valence-corrected chi connectivity index (χ0v) is 14.1. The second kappa shape index (κ2) is 7.85. The summed E-state index contributed by atoms with van der Waals surface area (Å²) in [6.07, 6.45) is 1.24. The van der Waals surface area contributed by atoms with Gasteiger partial charge in [0, 0.05) is 24.9 Å². The Kier molecular flexibility index (Phi) is 5.36. The van der Waals surface area contributed by atoms with Gasteiger partial charge in [-0.1, -0.05) is 24.3 Å². The maximum absolute atomic E-state index is 11.3. The quantitative estimate of drug-likeness (QED) is 0.849. The van der Waals surface area contributed by atoms with E-state index in [0.717, 1.165) is 48.9 Å². The van der Waals surface area contributed by atoms with E-state index in [0.29, 0.717) is 5.57 Å². The Hall–Kier alpha value is -2.79. The molecule has 0 aliphatic carbocycles. The van der Waals surface area contributed by atoms with Crippen molar-refractivity contribution >= 4 is 17.2 Å². The second-order valence-electron chi connectivity index (χ2n) is 5.77. The Morgan fingerprint density at radius 3 is 2.12 bits per heavy atom. The second-order valence-corrected chi connectivity index (χ2v) is 5.77. The molecule has 3 rings (SSSR count). The third kappa shape index (κ3) is 4.19. The van der Waals surface area contributed by atoms with Crippen molar-refractivity contribution in [3.63, 3.8) is 0 Å². The van der Waals surface area contributed by atoms with Crippen LogP contribution >= 0.6 is 0 Å². The van der Waals surface area contributed by atoms with Crippen LogP contribution in [0.25, 0.3) is 5.57 Å². The van der Waals surface area contributed by atoms with E-state index in [1.165, 1.54) is 6.08 Å². The minimum absolute atomic E-state index is 0.670. The molecule has 0 bridgehead atoms. The number of morpholine rings is 1. The summed E-state index contributed by atoms with van der Waals surface area (Å²) in [5.74, 6) is -0.232. The summed E-state index contributed by atoms with van der Waals surface area (Å²) in [7, 11) is 1.60. The van der Waals surface area contributed by atoms with Gasteiger partial charge in [-0.25, -0.2) is 4.79 Å². The minimum Gasteiger partial charge on any atom is -0.497 e. The molecular formula is C20H21NO4. The number of carbonyl (C=O) groups is 1. The number of carboxylic acids is 1. The highest BCUT2D eigenvalue weighted by Crippen LogP contribution is 2.27. The molecule has 0 radical (unpaired) electrons. The number of benzene rings is 2. The summed E-state index contributed by atoms with van der Waals surface area (Å²) in [6.45, 7) is 3.21. The molecule has 5 nitrogen and oxygen atoms in total. The largest absolute Gasteiger partial charge is 0.497 e. The lowest BCUT2D eigenvalue weighted by molar-refractivity contribution is -0.131. The van der Waals surface area contributed by atoms with Crippen molar-refractivity contribution in [2.75, 3.05) is 38.3 Å². The fourth-order valence-electron chi connectivity index (χ4n) is 2.90. The van der Waals surface area contributed by atoms with Gasteiger partial charge in [0.25, 0.3) is 0 Å². The standard InChI is InChI=1S/C20H21NO4/c1-24-18-8-4-16(5-9-18)19(14-20(22)23)15-2-6-17(7-3-15)21-10-12-25-13-11-21/h2-9,14H,10-13H2,1H3,(H,22,23). The molecule has 1 aliphatic rings. The minimum atomic E-state index is -0.969. The van der Waals surface area contributed by atoms with Gasteiger partial charge in [-0.05, 0) is 41.0 Å². The molecule has 0 atom stereocenters. The SMILES string of the molecule is COc1ccc(C(=CC(=O)O)c2ccc(N3CCOCC3)cc2)cc1. The number of anilines is 1. The molecule has 1 saturated heterocycles. The van der Waals surface area contributed by atoms with Crippen LogP contribution in [0, 0.1) is 0 Å². The number of hydrogen-bond donors (Lipinski definition) is 1. The predicted octanol–water partition coefficient (Wildman–Crippen LogP) is 3.05. The third-order valence-electron chi connectivity index (χ3n) is 4.22. The van der Waals surface area contributed by atoms with Crippen LogP contribution in [0.15, 0.2) is 54.6 Å². The molecular weight excluding hydrogens is 318 g/mol. The molecule has 130 valence electrons. The first-order valence-electron chi connectivity index (χ1n) is 8.19. The van der Waals surface area contributed by atoms with Crippen molar-refractivity contribution in [3.8, 4) is 5.75 Å². The molecule has 0 saturated carbocycles. The molecule has 2 aromatic carbocycles. The van der Waals surface area contributed by atoms with Gasteiger partial charge in [-0.15, -0.1) is 0 Å². The molecule has 1 heterocycles. The van der Waals surface area contributed by atoms with Crippen molar-refractivity contribution in [2.45, 2.75) is 0 Å². The Bertz CT molecular complexity index is 744. The van der Waals surface area contributed by atoms with E-state index in [-0.39, 0.29) is 0 Å². The average molecular weight is 339 g/mol. The van der Waals surface area contributed by atoms with E-state index in [2.05, 4.69) is 4.90 Å². The van der Waals surface area contributed by atoms with Crippen LogP contribution < -0.4 is 9.64 Å². The Balaban J connectivity index is 1.89. The van der Waals surface area contributed by atoms with E-state index >= 15 is 0 Å². The lowest BCUT2D eigenvalue weighted by Crippen LogP contribution is -2.36.